The molecule has 102 valence electrons. The van der Waals surface area contributed by atoms with Crippen LogP contribution in [0.4, 0.5) is 0 Å². The van der Waals surface area contributed by atoms with Gasteiger partial charge >= 0.3 is 0 Å². The second-order valence-corrected chi connectivity index (χ2v) is 7.14. The molecule has 1 N–H and O–H groups in total. The summed E-state index contributed by atoms with van der Waals surface area (Å²) in [6, 6.07) is 8.56. The van der Waals surface area contributed by atoms with Gasteiger partial charge in [-0.15, -0.1) is 11.3 Å². The summed E-state index contributed by atoms with van der Waals surface area (Å²) in [5.41, 5.74) is 2.45. The number of nitrogens with one attached hydrogen (secondary N) is 1. The van der Waals surface area contributed by atoms with E-state index in [0.717, 1.165) is 23.1 Å². The van der Waals surface area contributed by atoms with Crippen molar-refractivity contribution in [3.63, 3.8) is 0 Å². The first-order chi connectivity index (χ1) is 9.15. The molecule has 19 heavy (non-hydrogen) atoms. The Morgan fingerprint density at radius 1 is 1.32 bits per heavy atom. The number of thiazole rings is 1. The van der Waals surface area contributed by atoms with Crippen molar-refractivity contribution in [2.24, 2.45) is 5.92 Å². The van der Waals surface area contributed by atoms with Gasteiger partial charge in [0.25, 0.3) is 0 Å². The Hall–Kier alpha value is -0.840. The Kier molecular flexibility index (Phi) is 5.43. The van der Waals surface area contributed by atoms with Gasteiger partial charge < -0.3 is 5.32 Å². The molecule has 0 bridgehead atoms. The van der Waals surface area contributed by atoms with Gasteiger partial charge in [-0.05, 0) is 31.0 Å². The van der Waals surface area contributed by atoms with E-state index in [1.807, 2.05) is 6.92 Å². The Balaban J connectivity index is 2.03. The van der Waals surface area contributed by atoms with Crippen LogP contribution in [0.3, 0.4) is 0 Å². The van der Waals surface area contributed by atoms with Crippen molar-refractivity contribution in [3.8, 4) is 0 Å². The average molecular weight is 292 g/mol. The lowest BCUT2D eigenvalue weighted by Gasteiger charge is -2.10. The molecular formula is C15H20N2S2. The maximum absolute atomic E-state index is 4.52. The summed E-state index contributed by atoms with van der Waals surface area (Å²) in [5.74, 6) is 0.682. The quantitative estimate of drug-likeness (QED) is 0.857. The number of aromatic nitrogens is 1. The number of benzene rings is 1. The van der Waals surface area contributed by atoms with Gasteiger partial charge in [-0.3, -0.25) is 0 Å². The molecule has 0 aliphatic rings. The molecular weight excluding hydrogens is 272 g/mol. The maximum Gasteiger partial charge on any atom is 0.154 e. The molecule has 2 aromatic rings. The molecule has 0 spiro atoms. The van der Waals surface area contributed by atoms with Gasteiger partial charge in [0.05, 0.1) is 0 Å². The Morgan fingerprint density at radius 2 is 2.11 bits per heavy atom. The largest absolute Gasteiger partial charge is 0.312 e. The van der Waals surface area contributed by atoms with Crippen LogP contribution >= 0.6 is 23.1 Å². The van der Waals surface area contributed by atoms with Gasteiger partial charge in [0, 0.05) is 22.5 Å². The van der Waals surface area contributed by atoms with E-state index >= 15 is 0 Å². The van der Waals surface area contributed by atoms with Crippen molar-refractivity contribution in [2.45, 2.75) is 36.6 Å². The second-order valence-electron chi connectivity index (χ2n) is 4.99. The molecule has 0 aliphatic heterocycles. The van der Waals surface area contributed by atoms with E-state index in [0.29, 0.717) is 5.92 Å². The highest BCUT2D eigenvalue weighted by Crippen LogP contribution is 2.32. The van der Waals surface area contributed by atoms with E-state index in [1.54, 1.807) is 23.1 Å². The molecule has 0 amide bonds. The molecule has 0 fully saturated rings. The van der Waals surface area contributed by atoms with Gasteiger partial charge in [-0.2, -0.15) is 0 Å². The van der Waals surface area contributed by atoms with Crippen LogP contribution in [0.2, 0.25) is 0 Å². The standard InChI is InChI=1S/C15H20N2S2/c1-11(2)8-16-9-13-6-4-5-7-14(13)19-15-17-12(3)10-18-15/h4-7,10-11,16H,8-9H2,1-3H3. The highest BCUT2D eigenvalue weighted by atomic mass is 32.2. The van der Waals surface area contributed by atoms with Crippen molar-refractivity contribution in [3.05, 3.63) is 40.9 Å². The third-order valence-corrected chi connectivity index (χ3v) is 4.81. The maximum atomic E-state index is 4.52. The van der Waals surface area contributed by atoms with Gasteiger partial charge in [-0.25, -0.2) is 4.98 Å². The first-order valence-electron chi connectivity index (χ1n) is 6.53. The number of hydrogen-bond acceptors (Lipinski definition) is 4. The van der Waals surface area contributed by atoms with E-state index in [-0.39, 0.29) is 0 Å². The smallest absolute Gasteiger partial charge is 0.154 e. The van der Waals surface area contributed by atoms with E-state index < -0.39 is 0 Å². The predicted molar refractivity (Wildman–Crippen MR) is 84.0 cm³/mol. The van der Waals surface area contributed by atoms with Crippen molar-refractivity contribution in [2.75, 3.05) is 6.54 Å². The number of hydrogen-bond donors (Lipinski definition) is 1. The third kappa shape index (κ3) is 4.64. The van der Waals surface area contributed by atoms with Crippen LogP contribution in [0.5, 0.6) is 0 Å². The van der Waals surface area contributed by atoms with Gasteiger partial charge in [0.1, 0.15) is 0 Å². The zero-order valence-electron chi connectivity index (χ0n) is 11.6. The van der Waals surface area contributed by atoms with Gasteiger partial charge in [-0.1, -0.05) is 43.8 Å². The Labute approximate surface area is 123 Å². The van der Waals surface area contributed by atoms with Crippen molar-refractivity contribution >= 4 is 23.1 Å². The molecule has 0 atom stereocenters. The summed E-state index contributed by atoms with van der Waals surface area (Å²) in [4.78, 5) is 5.82. The van der Waals surface area contributed by atoms with Crippen molar-refractivity contribution in [1.29, 1.82) is 0 Å². The molecule has 0 saturated carbocycles. The summed E-state index contributed by atoms with van der Waals surface area (Å²) in [6.07, 6.45) is 0. The lowest BCUT2D eigenvalue weighted by molar-refractivity contribution is 0.550. The van der Waals surface area contributed by atoms with Crippen LogP contribution in [0, 0.1) is 12.8 Å². The monoisotopic (exact) mass is 292 g/mol. The summed E-state index contributed by atoms with van der Waals surface area (Å²) < 4.78 is 1.12. The van der Waals surface area contributed by atoms with E-state index in [1.165, 1.54) is 10.5 Å². The van der Waals surface area contributed by atoms with Crippen LogP contribution in [0.25, 0.3) is 0 Å². The molecule has 0 unspecified atom stereocenters. The molecule has 1 aromatic heterocycles. The second kappa shape index (κ2) is 7.08. The number of nitrogens with zero attached hydrogens (tertiary/aromatic N) is 1. The summed E-state index contributed by atoms with van der Waals surface area (Å²) in [6.45, 7) is 8.47. The average Bonchev–Trinajstić information content (AvgIpc) is 2.77. The van der Waals surface area contributed by atoms with Crippen LogP contribution in [0.15, 0.2) is 38.9 Å². The van der Waals surface area contributed by atoms with Crippen molar-refractivity contribution in [1.82, 2.24) is 10.3 Å². The molecule has 1 heterocycles. The third-order valence-electron chi connectivity index (χ3n) is 2.64. The van der Waals surface area contributed by atoms with Crippen LogP contribution in [-0.2, 0) is 6.54 Å². The fourth-order valence-corrected chi connectivity index (χ4v) is 3.64. The van der Waals surface area contributed by atoms with Crippen LogP contribution in [0.1, 0.15) is 25.1 Å². The molecule has 0 radical (unpaired) electrons. The summed E-state index contributed by atoms with van der Waals surface area (Å²) in [7, 11) is 0. The zero-order valence-corrected chi connectivity index (χ0v) is 13.3. The fraction of sp³-hybridized carbons (Fsp3) is 0.400. The van der Waals surface area contributed by atoms with Gasteiger partial charge in [0.15, 0.2) is 4.34 Å². The minimum atomic E-state index is 0.682. The molecule has 0 saturated heterocycles. The normalized spacial score (nSPS) is 11.2. The molecule has 0 aliphatic carbocycles. The minimum Gasteiger partial charge on any atom is -0.312 e. The molecule has 1 aromatic carbocycles. The number of rotatable bonds is 6. The molecule has 2 rings (SSSR count). The highest BCUT2D eigenvalue weighted by Gasteiger charge is 2.06. The summed E-state index contributed by atoms with van der Waals surface area (Å²) in [5, 5.41) is 5.60. The van der Waals surface area contributed by atoms with E-state index in [2.05, 4.69) is 53.8 Å². The fourth-order valence-electron chi connectivity index (χ4n) is 1.72. The molecule has 2 nitrogen and oxygen atoms in total. The lowest BCUT2D eigenvalue weighted by atomic mass is 10.2. The summed E-state index contributed by atoms with van der Waals surface area (Å²) >= 11 is 3.47. The Morgan fingerprint density at radius 3 is 2.79 bits per heavy atom. The van der Waals surface area contributed by atoms with E-state index in [9.17, 15) is 0 Å². The van der Waals surface area contributed by atoms with Crippen LogP contribution in [-0.4, -0.2) is 11.5 Å². The topological polar surface area (TPSA) is 24.9 Å². The SMILES string of the molecule is Cc1csc(Sc2ccccc2CNCC(C)C)n1. The van der Waals surface area contributed by atoms with E-state index in [4.69, 9.17) is 0 Å². The first kappa shape index (κ1) is 14.6. The molecule has 4 heteroatoms. The highest BCUT2D eigenvalue weighted by molar-refractivity contribution is 8.01. The van der Waals surface area contributed by atoms with Crippen molar-refractivity contribution < 1.29 is 0 Å². The zero-order chi connectivity index (χ0) is 13.7. The lowest BCUT2D eigenvalue weighted by Crippen LogP contribution is -2.19. The Bertz CT molecular complexity index is 520. The number of aryl methyl sites for hydroxylation is 1. The first-order valence-corrected chi connectivity index (χ1v) is 8.23. The predicted octanol–water partition coefficient (Wildman–Crippen LogP) is 4.35. The van der Waals surface area contributed by atoms with Crippen LogP contribution < -0.4 is 5.32 Å². The minimum absolute atomic E-state index is 0.682. The van der Waals surface area contributed by atoms with Gasteiger partial charge in [0.2, 0.25) is 0 Å².